The molecule has 1 aliphatic carbocycles. The van der Waals surface area contributed by atoms with Crippen molar-refractivity contribution >= 4 is 0 Å². The minimum absolute atomic E-state index is 0.230. The molecule has 1 aromatic rings. The summed E-state index contributed by atoms with van der Waals surface area (Å²) in [6.07, 6.45) is 4.91. The van der Waals surface area contributed by atoms with E-state index in [1.165, 1.54) is 0 Å². The Morgan fingerprint density at radius 1 is 1.50 bits per heavy atom. The summed E-state index contributed by atoms with van der Waals surface area (Å²) in [5.41, 5.74) is -0.263. The average Bonchev–Trinajstić information content (AvgIpc) is 2.26. The van der Waals surface area contributed by atoms with Crippen molar-refractivity contribution in [2.24, 2.45) is 5.92 Å². The van der Waals surface area contributed by atoms with Gasteiger partial charge in [-0.25, -0.2) is 4.98 Å². The quantitative estimate of drug-likeness (QED) is 0.766. The first-order valence-electron chi connectivity index (χ1n) is 4.76. The van der Waals surface area contributed by atoms with Gasteiger partial charge in [-0.05, 0) is 18.8 Å². The summed E-state index contributed by atoms with van der Waals surface area (Å²) in [6.45, 7) is 2.01. The molecule has 0 amide bonds. The lowest BCUT2D eigenvalue weighted by molar-refractivity contribution is -0.0982. The Labute approximate surface area is 83.0 Å². The summed E-state index contributed by atoms with van der Waals surface area (Å²) in [4.78, 5) is 8.19. The molecule has 0 saturated heterocycles. The van der Waals surface area contributed by atoms with Crippen molar-refractivity contribution in [3.05, 3.63) is 18.1 Å². The third-order valence-corrected chi connectivity index (χ3v) is 3.04. The molecule has 1 N–H and O–H groups in total. The Morgan fingerprint density at radius 2 is 2.21 bits per heavy atom. The van der Waals surface area contributed by atoms with Crippen molar-refractivity contribution in [2.45, 2.75) is 25.4 Å². The summed E-state index contributed by atoms with van der Waals surface area (Å²) in [5, 5.41) is 10.3. The van der Waals surface area contributed by atoms with Gasteiger partial charge in [0.2, 0.25) is 5.88 Å². The molecule has 2 atom stereocenters. The van der Waals surface area contributed by atoms with E-state index in [2.05, 4.69) is 9.97 Å². The molecule has 0 aromatic carbocycles. The number of aromatic nitrogens is 2. The molecule has 1 aromatic heterocycles. The smallest absolute Gasteiger partial charge is 0.238 e. The fraction of sp³-hybridized carbons (Fsp3) is 0.600. The van der Waals surface area contributed by atoms with E-state index < -0.39 is 5.60 Å². The second-order valence-electron chi connectivity index (χ2n) is 3.78. The van der Waals surface area contributed by atoms with Crippen LogP contribution in [0.4, 0.5) is 0 Å². The average molecular weight is 194 g/mol. The molecule has 2 unspecified atom stereocenters. The summed E-state index contributed by atoms with van der Waals surface area (Å²) in [5.74, 6) is 0.662. The van der Waals surface area contributed by atoms with Crippen LogP contribution in [0.1, 0.15) is 25.5 Å². The summed E-state index contributed by atoms with van der Waals surface area (Å²) < 4.78 is 5.08. The highest BCUT2D eigenvalue weighted by Gasteiger charge is 2.47. The first-order valence-corrected chi connectivity index (χ1v) is 4.76. The Kier molecular flexibility index (Phi) is 2.15. The maximum Gasteiger partial charge on any atom is 0.238 e. The second kappa shape index (κ2) is 3.20. The Balaban J connectivity index is 2.40. The minimum Gasteiger partial charge on any atom is -0.480 e. The van der Waals surface area contributed by atoms with Crippen LogP contribution in [-0.4, -0.2) is 22.2 Å². The standard InChI is InChI=1S/C10H14N2O2/c1-7-3-4-10(7,13)8-9(14-2)12-6-5-11-8/h5-7,13H,3-4H2,1-2H3. The molecular formula is C10H14N2O2. The Bertz CT molecular complexity index is 343. The first kappa shape index (κ1) is 9.40. The molecule has 76 valence electrons. The van der Waals surface area contributed by atoms with E-state index in [-0.39, 0.29) is 5.92 Å². The lowest BCUT2D eigenvalue weighted by Gasteiger charge is -2.42. The van der Waals surface area contributed by atoms with Gasteiger partial charge in [-0.15, -0.1) is 0 Å². The lowest BCUT2D eigenvalue weighted by atomic mass is 9.68. The minimum atomic E-state index is -0.834. The molecule has 0 bridgehead atoms. The zero-order chi connectivity index (χ0) is 10.2. The molecule has 0 radical (unpaired) electrons. The fourth-order valence-electron chi connectivity index (χ4n) is 1.83. The summed E-state index contributed by atoms with van der Waals surface area (Å²) in [6, 6.07) is 0. The zero-order valence-electron chi connectivity index (χ0n) is 8.40. The van der Waals surface area contributed by atoms with E-state index in [1.54, 1.807) is 19.5 Å². The topological polar surface area (TPSA) is 55.2 Å². The van der Waals surface area contributed by atoms with Crippen molar-refractivity contribution in [2.75, 3.05) is 7.11 Å². The van der Waals surface area contributed by atoms with Gasteiger partial charge in [0.05, 0.1) is 7.11 Å². The van der Waals surface area contributed by atoms with E-state index in [1.807, 2.05) is 6.92 Å². The molecule has 14 heavy (non-hydrogen) atoms. The summed E-state index contributed by atoms with van der Waals surface area (Å²) in [7, 11) is 1.54. The van der Waals surface area contributed by atoms with Gasteiger partial charge in [0.1, 0.15) is 11.3 Å². The highest BCUT2D eigenvalue weighted by molar-refractivity contribution is 5.27. The maximum atomic E-state index is 10.3. The van der Waals surface area contributed by atoms with Crippen LogP contribution >= 0.6 is 0 Å². The second-order valence-corrected chi connectivity index (χ2v) is 3.78. The molecule has 1 saturated carbocycles. The Hall–Kier alpha value is -1.16. The highest BCUT2D eigenvalue weighted by atomic mass is 16.5. The van der Waals surface area contributed by atoms with Crippen LogP contribution in [0.2, 0.25) is 0 Å². The van der Waals surface area contributed by atoms with Gasteiger partial charge in [-0.2, -0.15) is 0 Å². The molecule has 1 aliphatic rings. The van der Waals surface area contributed by atoms with Crippen LogP contribution in [-0.2, 0) is 5.60 Å². The van der Waals surface area contributed by atoms with Crippen molar-refractivity contribution in [3.63, 3.8) is 0 Å². The zero-order valence-corrected chi connectivity index (χ0v) is 8.40. The summed E-state index contributed by atoms with van der Waals surface area (Å²) >= 11 is 0. The van der Waals surface area contributed by atoms with Gasteiger partial charge in [0.15, 0.2) is 0 Å². The molecule has 4 nitrogen and oxygen atoms in total. The third-order valence-electron chi connectivity index (χ3n) is 3.04. The van der Waals surface area contributed by atoms with Gasteiger partial charge < -0.3 is 9.84 Å². The molecule has 0 aliphatic heterocycles. The van der Waals surface area contributed by atoms with Gasteiger partial charge in [0, 0.05) is 12.4 Å². The number of nitrogens with zero attached hydrogens (tertiary/aromatic N) is 2. The van der Waals surface area contributed by atoms with Gasteiger partial charge in [0.25, 0.3) is 0 Å². The van der Waals surface area contributed by atoms with E-state index in [9.17, 15) is 5.11 Å². The van der Waals surface area contributed by atoms with Crippen LogP contribution in [0, 0.1) is 5.92 Å². The van der Waals surface area contributed by atoms with Crippen LogP contribution in [0.15, 0.2) is 12.4 Å². The van der Waals surface area contributed by atoms with E-state index >= 15 is 0 Å². The van der Waals surface area contributed by atoms with Crippen molar-refractivity contribution in [1.29, 1.82) is 0 Å². The molecule has 0 spiro atoms. The fourth-order valence-corrected chi connectivity index (χ4v) is 1.83. The normalized spacial score (nSPS) is 30.9. The molecule has 1 heterocycles. The SMILES string of the molecule is COc1nccnc1C1(O)CCC1C. The van der Waals surface area contributed by atoms with E-state index in [0.717, 1.165) is 12.8 Å². The monoisotopic (exact) mass is 194 g/mol. The molecule has 2 rings (SSSR count). The number of hydrogen-bond donors (Lipinski definition) is 1. The number of ether oxygens (including phenoxy) is 1. The van der Waals surface area contributed by atoms with Gasteiger partial charge >= 0.3 is 0 Å². The van der Waals surface area contributed by atoms with E-state index in [0.29, 0.717) is 11.6 Å². The van der Waals surface area contributed by atoms with Crippen molar-refractivity contribution in [1.82, 2.24) is 9.97 Å². The number of aliphatic hydroxyl groups is 1. The third kappa shape index (κ3) is 1.18. The van der Waals surface area contributed by atoms with Gasteiger partial charge in [-0.1, -0.05) is 6.92 Å². The predicted octanol–water partition coefficient (Wildman–Crippen LogP) is 1.10. The first-order chi connectivity index (χ1) is 6.68. The molecule has 1 fully saturated rings. The number of methoxy groups -OCH3 is 1. The van der Waals surface area contributed by atoms with Crippen molar-refractivity contribution in [3.8, 4) is 5.88 Å². The predicted molar refractivity (Wildman–Crippen MR) is 50.9 cm³/mol. The van der Waals surface area contributed by atoms with Crippen molar-refractivity contribution < 1.29 is 9.84 Å². The molecule has 4 heteroatoms. The van der Waals surface area contributed by atoms with Crippen LogP contribution in [0.25, 0.3) is 0 Å². The molecular weight excluding hydrogens is 180 g/mol. The highest BCUT2D eigenvalue weighted by Crippen LogP contribution is 2.47. The maximum absolute atomic E-state index is 10.3. The number of hydrogen-bond acceptors (Lipinski definition) is 4. The number of rotatable bonds is 2. The van der Waals surface area contributed by atoms with Gasteiger partial charge in [-0.3, -0.25) is 4.98 Å². The van der Waals surface area contributed by atoms with E-state index in [4.69, 9.17) is 4.74 Å². The van der Waals surface area contributed by atoms with Crippen LogP contribution in [0.5, 0.6) is 5.88 Å². The Morgan fingerprint density at radius 3 is 2.71 bits per heavy atom. The van der Waals surface area contributed by atoms with Crippen LogP contribution in [0.3, 0.4) is 0 Å². The largest absolute Gasteiger partial charge is 0.480 e. The van der Waals surface area contributed by atoms with Crippen LogP contribution < -0.4 is 4.74 Å². The lowest BCUT2D eigenvalue weighted by Crippen LogP contribution is -2.43.